The molecule has 0 saturated heterocycles. The molecule has 3 nitrogen and oxygen atoms in total. The topological polar surface area (TPSA) is 35.5 Å². The van der Waals surface area contributed by atoms with Gasteiger partial charge in [-0.25, -0.2) is 4.79 Å². The summed E-state index contributed by atoms with van der Waals surface area (Å²) < 4.78 is 10.0. The number of para-hydroxylation sites is 1. The summed E-state index contributed by atoms with van der Waals surface area (Å²) in [6.07, 6.45) is -0.715. The van der Waals surface area contributed by atoms with E-state index in [1.165, 1.54) is 0 Å². The van der Waals surface area contributed by atoms with Crippen LogP contribution in [0.3, 0.4) is 0 Å². The van der Waals surface area contributed by atoms with Crippen molar-refractivity contribution in [2.45, 2.75) is 12.5 Å². The van der Waals surface area contributed by atoms with Crippen molar-refractivity contribution in [1.29, 1.82) is 0 Å². The monoisotopic (exact) mass is 276 g/mol. The first-order valence-electron chi connectivity index (χ1n) is 5.81. The second-order valence-corrected chi connectivity index (χ2v) is 4.17. The fraction of sp³-hybridized carbons (Fsp3) is 0.133. The highest BCUT2D eigenvalue weighted by Gasteiger charge is 2.05. The Morgan fingerprint density at radius 2 is 1.58 bits per heavy atom. The zero-order chi connectivity index (χ0) is 13.5. The van der Waals surface area contributed by atoms with E-state index in [0.717, 1.165) is 11.1 Å². The predicted octanol–water partition coefficient (Wildman–Crippen LogP) is 4.14. The third kappa shape index (κ3) is 4.30. The van der Waals surface area contributed by atoms with E-state index in [9.17, 15) is 4.79 Å². The van der Waals surface area contributed by atoms with E-state index in [1.54, 1.807) is 24.3 Å². The lowest BCUT2D eigenvalue weighted by Gasteiger charge is -2.06. The maximum Gasteiger partial charge on any atom is 0.514 e. The molecule has 4 heteroatoms. The molecule has 2 rings (SSSR count). The lowest BCUT2D eigenvalue weighted by molar-refractivity contribution is 0.0928. The van der Waals surface area contributed by atoms with Gasteiger partial charge in [0.25, 0.3) is 0 Å². The molecule has 0 radical (unpaired) electrons. The summed E-state index contributed by atoms with van der Waals surface area (Å²) in [4.78, 5) is 11.4. The van der Waals surface area contributed by atoms with Crippen LogP contribution in [0.5, 0.6) is 5.75 Å². The Bertz CT molecular complexity index is 523. The smallest absolute Gasteiger partial charge is 0.429 e. The van der Waals surface area contributed by atoms with Crippen molar-refractivity contribution < 1.29 is 14.3 Å². The number of hydrogen-bond donors (Lipinski definition) is 0. The van der Waals surface area contributed by atoms with E-state index in [0.29, 0.717) is 11.6 Å². The Kier molecular flexibility index (Phi) is 4.81. The van der Waals surface area contributed by atoms with Gasteiger partial charge in [-0.2, -0.15) is 0 Å². The minimum Gasteiger partial charge on any atom is -0.429 e. The molecule has 0 spiro atoms. The van der Waals surface area contributed by atoms with Crippen LogP contribution in [0.1, 0.15) is 11.1 Å². The Morgan fingerprint density at radius 3 is 2.21 bits per heavy atom. The molecule has 0 saturated carbocycles. The molecule has 0 N–H and O–H groups in total. The zero-order valence-electron chi connectivity index (χ0n) is 10.2. The molecule has 19 heavy (non-hydrogen) atoms. The van der Waals surface area contributed by atoms with Gasteiger partial charge < -0.3 is 9.47 Å². The molecule has 0 amide bonds. The van der Waals surface area contributed by atoms with Gasteiger partial charge in [-0.05, 0) is 23.3 Å². The second kappa shape index (κ2) is 6.81. The van der Waals surface area contributed by atoms with Gasteiger partial charge in [0.2, 0.25) is 0 Å². The number of benzene rings is 2. The Morgan fingerprint density at radius 1 is 0.947 bits per heavy atom. The molecule has 0 aliphatic rings. The number of hydrogen-bond acceptors (Lipinski definition) is 3. The van der Waals surface area contributed by atoms with Gasteiger partial charge in [-0.1, -0.05) is 42.5 Å². The van der Waals surface area contributed by atoms with Crippen molar-refractivity contribution >= 4 is 17.8 Å². The number of carbonyl (C=O) groups is 1. The van der Waals surface area contributed by atoms with E-state index in [2.05, 4.69) is 0 Å². The molecule has 98 valence electrons. The zero-order valence-corrected chi connectivity index (χ0v) is 11.0. The molecule has 0 heterocycles. The van der Waals surface area contributed by atoms with Crippen LogP contribution in [-0.4, -0.2) is 6.16 Å². The number of ether oxygens (including phenoxy) is 2. The minimum atomic E-state index is -0.715. The molecule has 0 atom stereocenters. The van der Waals surface area contributed by atoms with Crippen LogP contribution in [0.25, 0.3) is 0 Å². The number of carbonyl (C=O) groups excluding carboxylic acids is 1. The second-order valence-electron chi connectivity index (χ2n) is 3.90. The van der Waals surface area contributed by atoms with Gasteiger partial charge in [0, 0.05) is 5.88 Å². The number of rotatable bonds is 4. The molecule has 2 aromatic carbocycles. The largest absolute Gasteiger partial charge is 0.514 e. The van der Waals surface area contributed by atoms with Crippen LogP contribution < -0.4 is 4.74 Å². The maximum atomic E-state index is 11.4. The number of alkyl halides is 1. The average molecular weight is 277 g/mol. The average Bonchev–Trinajstić information content (AvgIpc) is 2.47. The van der Waals surface area contributed by atoms with Crippen molar-refractivity contribution in [2.75, 3.05) is 0 Å². The highest BCUT2D eigenvalue weighted by atomic mass is 35.5. The Balaban J connectivity index is 1.83. The first-order valence-corrected chi connectivity index (χ1v) is 6.35. The lowest BCUT2D eigenvalue weighted by atomic mass is 10.2. The summed E-state index contributed by atoms with van der Waals surface area (Å²) in [6.45, 7) is 0.175. The van der Waals surface area contributed by atoms with Gasteiger partial charge in [0.05, 0.1) is 0 Å². The van der Waals surface area contributed by atoms with Crippen molar-refractivity contribution in [3.8, 4) is 5.75 Å². The van der Waals surface area contributed by atoms with Crippen LogP contribution in [0.4, 0.5) is 4.79 Å². The van der Waals surface area contributed by atoms with Crippen LogP contribution in [0, 0.1) is 0 Å². The standard InChI is InChI=1S/C15H13ClO3/c16-10-12-6-8-13(9-7-12)11-18-15(17)19-14-4-2-1-3-5-14/h1-9H,10-11H2. The van der Waals surface area contributed by atoms with Crippen LogP contribution in [-0.2, 0) is 17.2 Å². The maximum absolute atomic E-state index is 11.4. The Hall–Kier alpha value is -2.00. The molecular formula is C15H13ClO3. The molecule has 0 aliphatic heterocycles. The normalized spacial score (nSPS) is 9.95. The van der Waals surface area contributed by atoms with Crippen molar-refractivity contribution in [1.82, 2.24) is 0 Å². The van der Waals surface area contributed by atoms with E-state index in [1.807, 2.05) is 30.3 Å². The molecule has 2 aromatic rings. The fourth-order valence-corrected chi connectivity index (χ4v) is 1.66. The summed E-state index contributed by atoms with van der Waals surface area (Å²) in [6, 6.07) is 16.3. The van der Waals surface area contributed by atoms with E-state index < -0.39 is 6.16 Å². The van der Waals surface area contributed by atoms with E-state index in [-0.39, 0.29) is 6.61 Å². The molecule has 0 aromatic heterocycles. The summed E-state index contributed by atoms with van der Waals surface area (Å²) in [7, 11) is 0. The fourth-order valence-electron chi connectivity index (χ4n) is 1.48. The predicted molar refractivity (Wildman–Crippen MR) is 73.3 cm³/mol. The van der Waals surface area contributed by atoms with E-state index in [4.69, 9.17) is 21.1 Å². The summed E-state index contributed by atoms with van der Waals surface area (Å²) in [5.41, 5.74) is 1.91. The molecule has 0 bridgehead atoms. The summed E-state index contributed by atoms with van der Waals surface area (Å²) in [5.74, 6) is 0.932. The number of halogens is 1. The van der Waals surface area contributed by atoms with Crippen molar-refractivity contribution in [3.63, 3.8) is 0 Å². The van der Waals surface area contributed by atoms with Gasteiger partial charge in [-0.3, -0.25) is 0 Å². The van der Waals surface area contributed by atoms with Gasteiger partial charge >= 0.3 is 6.16 Å². The molecule has 0 unspecified atom stereocenters. The molecular weight excluding hydrogens is 264 g/mol. The quantitative estimate of drug-likeness (QED) is 0.478. The first kappa shape index (κ1) is 13.4. The Labute approximate surface area is 116 Å². The molecule has 0 aliphatic carbocycles. The van der Waals surface area contributed by atoms with Gasteiger partial charge in [0.15, 0.2) is 0 Å². The summed E-state index contributed by atoms with van der Waals surface area (Å²) >= 11 is 5.69. The van der Waals surface area contributed by atoms with Gasteiger partial charge in [-0.15, -0.1) is 11.6 Å². The highest BCUT2D eigenvalue weighted by Crippen LogP contribution is 2.11. The van der Waals surface area contributed by atoms with E-state index >= 15 is 0 Å². The first-order chi connectivity index (χ1) is 9.28. The summed E-state index contributed by atoms with van der Waals surface area (Å²) in [5, 5.41) is 0. The van der Waals surface area contributed by atoms with Gasteiger partial charge in [0.1, 0.15) is 12.4 Å². The van der Waals surface area contributed by atoms with Crippen molar-refractivity contribution in [2.24, 2.45) is 0 Å². The SMILES string of the molecule is O=C(OCc1ccc(CCl)cc1)Oc1ccccc1. The van der Waals surface area contributed by atoms with Crippen LogP contribution in [0.2, 0.25) is 0 Å². The third-order valence-electron chi connectivity index (χ3n) is 2.48. The third-order valence-corrected chi connectivity index (χ3v) is 2.79. The van der Waals surface area contributed by atoms with Crippen molar-refractivity contribution in [3.05, 3.63) is 65.7 Å². The molecule has 0 fully saturated rings. The highest BCUT2D eigenvalue weighted by molar-refractivity contribution is 6.17. The lowest BCUT2D eigenvalue weighted by Crippen LogP contribution is -2.10. The minimum absolute atomic E-state index is 0.175. The van der Waals surface area contributed by atoms with Crippen LogP contribution >= 0.6 is 11.6 Å². The van der Waals surface area contributed by atoms with Crippen LogP contribution in [0.15, 0.2) is 54.6 Å².